The molecule has 9 heteroatoms. The maximum atomic E-state index is 12.8. The van der Waals surface area contributed by atoms with E-state index in [0.717, 1.165) is 5.39 Å². The van der Waals surface area contributed by atoms with Crippen molar-refractivity contribution in [3.63, 3.8) is 0 Å². The first-order chi connectivity index (χ1) is 13.9. The van der Waals surface area contributed by atoms with Crippen LogP contribution >= 0.6 is 24.4 Å². The molecule has 0 aliphatic heterocycles. The standard InChI is InChI=1S/C20H25N3O4S2/c1-27-20(26)17(8-9-29-2)23-18(24)15-5-3-4-12-10-13(6-7-14(12)15)22-19(25)16(21)11-28/h3-7,10,16-17,28H,8-9,11,21H2,1-2H3,(H,22,25)(H,23,24)/t16-,17+/m1/s1. The van der Waals surface area contributed by atoms with Crippen molar-refractivity contribution in [1.82, 2.24) is 5.32 Å². The number of anilines is 1. The van der Waals surface area contributed by atoms with Gasteiger partial charge in [-0.1, -0.05) is 18.2 Å². The van der Waals surface area contributed by atoms with Gasteiger partial charge < -0.3 is 21.1 Å². The van der Waals surface area contributed by atoms with Crippen LogP contribution in [0.5, 0.6) is 0 Å². The number of hydrogen-bond acceptors (Lipinski definition) is 7. The average Bonchev–Trinajstić information content (AvgIpc) is 2.74. The topological polar surface area (TPSA) is 111 Å². The molecule has 2 rings (SSSR count). The molecular formula is C20H25N3O4S2. The molecule has 2 aromatic rings. The van der Waals surface area contributed by atoms with Gasteiger partial charge in [0.2, 0.25) is 5.91 Å². The smallest absolute Gasteiger partial charge is 0.328 e. The van der Waals surface area contributed by atoms with Gasteiger partial charge in [-0.05, 0) is 47.4 Å². The van der Waals surface area contributed by atoms with Crippen molar-refractivity contribution < 1.29 is 19.1 Å². The fourth-order valence-corrected chi connectivity index (χ4v) is 3.38. The Morgan fingerprint density at radius 1 is 1.24 bits per heavy atom. The number of benzene rings is 2. The third-order valence-corrected chi connectivity index (χ3v) is 5.37. The van der Waals surface area contributed by atoms with Gasteiger partial charge in [0.1, 0.15) is 6.04 Å². The van der Waals surface area contributed by atoms with Gasteiger partial charge in [-0.3, -0.25) is 9.59 Å². The molecule has 4 N–H and O–H groups in total. The van der Waals surface area contributed by atoms with E-state index in [9.17, 15) is 14.4 Å². The molecule has 0 saturated heterocycles. The zero-order valence-corrected chi connectivity index (χ0v) is 18.0. The van der Waals surface area contributed by atoms with Crippen LogP contribution in [0.2, 0.25) is 0 Å². The highest BCUT2D eigenvalue weighted by Crippen LogP contribution is 2.23. The Kier molecular flexibility index (Phi) is 8.81. The molecular weight excluding hydrogens is 410 g/mol. The number of thioether (sulfide) groups is 1. The summed E-state index contributed by atoms with van der Waals surface area (Å²) in [6, 6.07) is 9.08. The maximum Gasteiger partial charge on any atom is 0.328 e. The largest absolute Gasteiger partial charge is 0.467 e. The van der Waals surface area contributed by atoms with Crippen molar-refractivity contribution in [2.75, 3.05) is 30.2 Å². The highest BCUT2D eigenvalue weighted by molar-refractivity contribution is 7.98. The Morgan fingerprint density at radius 3 is 2.66 bits per heavy atom. The summed E-state index contributed by atoms with van der Waals surface area (Å²) in [7, 11) is 1.30. The van der Waals surface area contributed by atoms with Crippen LogP contribution in [0.3, 0.4) is 0 Å². The van der Waals surface area contributed by atoms with Gasteiger partial charge in [0.25, 0.3) is 5.91 Å². The van der Waals surface area contributed by atoms with Gasteiger partial charge in [-0.2, -0.15) is 24.4 Å². The molecule has 156 valence electrons. The lowest BCUT2D eigenvalue weighted by Crippen LogP contribution is -2.42. The first-order valence-corrected chi connectivity index (χ1v) is 11.0. The van der Waals surface area contributed by atoms with E-state index in [0.29, 0.717) is 28.8 Å². The molecule has 2 atom stereocenters. The Balaban J connectivity index is 2.25. The number of carbonyl (C=O) groups is 3. The molecule has 0 heterocycles. The monoisotopic (exact) mass is 435 g/mol. The normalized spacial score (nSPS) is 12.8. The predicted octanol–water partition coefficient (Wildman–Crippen LogP) is 2.06. The highest BCUT2D eigenvalue weighted by Gasteiger charge is 2.22. The summed E-state index contributed by atoms with van der Waals surface area (Å²) in [6.07, 6.45) is 2.41. The molecule has 2 aromatic carbocycles. The number of thiol groups is 1. The quantitative estimate of drug-likeness (QED) is 0.354. The zero-order valence-electron chi connectivity index (χ0n) is 16.3. The van der Waals surface area contributed by atoms with Crippen LogP contribution in [0.15, 0.2) is 36.4 Å². The van der Waals surface area contributed by atoms with Crippen LogP contribution in [0.4, 0.5) is 5.69 Å². The summed E-state index contributed by atoms with van der Waals surface area (Å²) in [4.78, 5) is 36.8. The van der Waals surface area contributed by atoms with E-state index in [2.05, 4.69) is 23.3 Å². The van der Waals surface area contributed by atoms with E-state index in [-0.39, 0.29) is 17.6 Å². The summed E-state index contributed by atoms with van der Waals surface area (Å²) in [5.41, 5.74) is 6.69. The zero-order chi connectivity index (χ0) is 21.4. The van der Waals surface area contributed by atoms with E-state index in [1.807, 2.05) is 12.3 Å². The number of rotatable bonds is 9. The van der Waals surface area contributed by atoms with Crippen molar-refractivity contribution in [1.29, 1.82) is 0 Å². The lowest BCUT2D eigenvalue weighted by Gasteiger charge is -2.17. The first kappa shape index (κ1) is 23.1. The Labute approximate surface area is 179 Å². The average molecular weight is 436 g/mol. The molecule has 29 heavy (non-hydrogen) atoms. The minimum atomic E-state index is -0.712. The molecule has 0 aliphatic carbocycles. The van der Waals surface area contributed by atoms with E-state index in [1.54, 1.807) is 42.1 Å². The van der Waals surface area contributed by atoms with Gasteiger partial charge in [-0.15, -0.1) is 0 Å². The molecule has 0 aliphatic rings. The Morgan fingerprint density at radius 2 is 2.00 bits per heavy atom. The van der Waals surface area contributed by atoms with Crippen LogP contribution in [-0.4, -0.2) is 54.7 Å². The van der Waals surface area contributed by atoms with Gasteiger partial charge in [0.15, 0.2) is 0 Å². The van der Waals surface area contributed by atoms with Gasteiger partial charge in [-0.25, -0.2) is 4.79 Å². The number of amides is 2. The molecule has 2 amide bonds. The number of carbonyl (C=O) groups excluding carboxylic acids is 3. The first-order valence-electron chi connectivity index (χ1n) is 8.99. The van der Waals surface area contributed by atoms with E-state index in [4.69, 9.17) is 10.5 Å². The van der Waals surface area contributed by atoms with Crippen LogP contribution < -0.4 is 16.4 Å². The summed E-state index contributed by atoms with van der Waals surface area (Å²) in [6.45, 7) is 0. The number of nitrogens with two attached hydrogens (primary N) is 1. The molecule has 0 unspecified atom stereocenters. The highest BCUT2D eigenvalue weighted by atomic mass is 32.2. The third kappa shape index (κ3) is 6.12. The summed E-state index contributed by atoms with van der Waals surface area (Å²) >= 11 is 5.61. The summed E-state index contributed by atoms with van der Waals surface area (Å²) < 4.78 is 4.80. The lowest BCUT2D eigenvalue weighted by molar-refractivity contribution is -0.142. The second-order valence-electron chi connectivity index (χ2n) is 6.35. The number of fused-ring (bicyclic) bond motifs is 1. The lowest BCUT2D eigenvalue weighted by atomic mass is 10.0. The van der Waals surface area contributed by atoms with Crippen LogP contribution in [0, 0.1) is 0 Å². The van der Waals surface area contributed by atoms with Crippen molar-refractivity contribution in [3.8, 4) is 0 Å². The van der Waals surface area contributed by atoms with Crippen molar-refractivity contribution in [2.24, 2.45) is 5.73 Å². The van der Waals surface area contributed by atoms with E-state index < -0.39 is 18.1 Å². The van der Waals surface area contributed by atoms with Crippen LogP contribution in [-0.2, 0) is 14.3 Å². The number of esters is 1. The van der Waals surface area contributed by atoms with E-state index >= 15 is 0 Å². The van der Waals surface area contributed by atoms with Crippen LogP contribution in [0.1, 0.15) is 16.8 Å². The molecule has 0 radical (unpaired) electrons. The summed E-state index contributed by atoms with van der Waals surface area (Å²) in [5, 5.41) is 6.97. The molecule has 0 aromatic heterocycles. The molecule has 0 fully saturated rings. The molecule has 0 spiro atoms. The minimum Gasteiger partial charge on any atom is -0.467 e. The predicted molar refractivity (Wildman–Crippen MR) is 121 cm³/mol. The molecule has 7 nitrogen and oxygen atoms in total. The second kappa shape index (κ2) is 11.1. The minimum absolute atomic E-state index is 0.238. The van der Waals surface area contributed by atoms with Crippen molar-refractivity contribution in [2.45, 2.75) is 18.5 Å². The number of hydrogen-bond donors (Lipinski definition) is 4. The molecule has 0 saturated carbocycles. The number of methoxy groups -OCH3 is 1. The van der Waals surface area contributed by atoms with Crippen molar-refractivity contribution in [3.05, 3.63) is 42.0 Å². The van der Waals surface area contributed by atoms with Crippen LogP contribution in [0.25, 0.3) is 10.8 Å². The van der Waals surface area contributed by atoms with Gasteiger partial charge >= 0.3 is 5.97 Å². The Bertz CT molecular complexity index is 891. The SMILES string of the molecule is COC(=O)[C@H](CCSC)NC(=O)c1cccc2cc(NC(=O)[C@H](N)CS)ccc12. The summed E-state index contributed by atoms with van der Waals surface area (Å²) in [5.74, 6) is -0.212. The number of nitrogens with one attached hydrogen (secondary N) is 2. The number of ether oxygens (including phenoxy) is 1. The fourth-order valence-electron chi connectivity index (χ4n) is 2.74. The van der Waals surface area contributed by atoms with E-state index in [1.165, 1.54) is 7.11 Å². The van der Waals surface area contributed by atoms with Gasteiger partial charge in [0.05, 0.1) is 13.2 Å². The Hall–Kier alpha value is -2.23. The van der Waals surface area contributed by atoms with Gasteiger partial charge in [0, 0.05) is 17.0 Å². The van der Waals surface area contributed by atoms with Crippen molar-refractivity contribution >= 4 is 58.6 Å². The third-order valence-electron chi connectivity index (χ3n) is 4.33. The maximum absolute atomic E-state index is 12.8. The second-order valence-corrected chi connectivity index (χ2v) is 7.70. The molecule has 0 bridgehead atoms. The fraction of sp³-hybridized carbons (Fsp3) is 0.350.